The number of nitrogens with one attached hydrogen (secondary N) is 2. The second-order valence-corrected chi connectivity index (χ2v) is 8.92. The second kappa shape index (κ2) is 9.91. The summed E-state index contributed by atoms with van der Waals surface area (Å²) in [7, 11) is 1.63. The van der Waals surface area contributed by atoms with E-state index >= 15 is 0 Å². The van der Waals surface area contributed by atoms with Crippen molar-refractivity contribution in [3.63, 3.8) is 0 Å². The summed E-state index contributed by atoms with van der Waals surface area (Å²) in [5, 5.41) is 6.70. The number of methoxy groups -OCH3 is 1. The zero-order valence-electron chi connectivity index (χ0n) is 19.1. The van der Waals surface area contributed by atoms with Crippen LogP contribution in [0.25, 0.3) is 0 Å². The SMILES string of the molecule is COc1ccc(CN2CC3(CC(N[C@H](C(N)=O)[C@@H](C)OCc4ccccc4)CN3)C2=O)cc1. The molecule has 2 saturated heterocycles. The van der Waals surface area contributed by atoms with Crippen LogP contribution in [0, 0.1) is 0 Å². The molecule has 0 bridgehead atoms. The maximum Gasteiger partial charge on any atom is 0.245 e. The number of likely N-dealkylation sites (tertiary alicyclic amines) is 1. The molecule has 4 rings (SSSR count). The van der Waals surface area contributed by atoms with Gasteiger partial charge in [-0.2, -0.15) is 0 Å². The summed E-state index contributed by atoms with van der Waals surface area (Å²) in [6.45, 7) is 4.04. The fourth-order valence-electron chi connectivity index (χ4n) is 4.64. The summed E-state index contributed by atoms with van der Waals surface area (Å²) in [5.41, 5.74) is 7.19. The van der Waals surface area contributed by atoms with Gasteiger partial charge >= 0.3 is 0 Å². The third-order valence-corrected chi connectivity index (χ3v) is 6.52. The van der Waals surface area contributed by atoms with Crippen LogP contribution in [0.4, 0.5) is 0 Å². The number of nitrogens with zero attached hydrogens (tertiary/aromatic N) is 1. The first-order chi connectivity index (χ1) is 15.9. The van der Waals surface area contributed by atoms with Crippen molar-refractivity contribution in [2.45, 2.75) is 50.2 Å². The van der Waals surface area contributed by atoms with E-state index in [4.69, 9.17) is 15.2 Å². The summed E-state index contributed by atoms with van der Waals surface area (Å²) >= 11 is 0. The molecule has 2 aromatic carbocycles. The van der Waals surface area contributed by atoms with Gasteiger partial charge in [0.25, 0.3) is 0 Å². The molecule has 2 aromatic rings. The van der Waals surface area contributed by atoms with Crippen molar-refractivity contribution in [1.82, 2.24) is 15.5 Å². The quantitative estimate of drug-likeness (QED) is 0.468. The van der Waals surface area contributed by atoms with E-state index < -0.39 is 23.6 Å². The minimum atomic E-state index is -0.638. The highest BCUT2D eigenvalue weighted by molar-refractivity contribution is 5.93. The highest BCUT2D eigenvalue weighted by Crippen LogP contribution is 2.33. The maximum absolute atomic E-state index is 13.0. The van der Waals surface area contributed by atoms with E-state index in [-0.39, 0.29) is 11.9 Å². The lowest BCUT2D eigenvalue weighted by Gasteiger charge is -2.47. The van der Waals surface area contributed by atoms with Gasteiger partial charge in [-0.3, -0.25) is 14.9 Å². The molecule has 8 heteroatoms. The van der Waals surface area contributed by atoms with Crippen LogP contribution in [0.2, 0.25) is 0 Å². The molecule has 2 aliphatic heterocycles. The molecular weight excluding hydrogens is 420 g/mol. The molecule has 2 amide bonds. The van der Waals surface area contributed by atoms with Gasteiger partial charge in [0.15, 0.2) is 0 Å². The van der Waals surface area contributed by atoms with Crippen molar-refractivity contribution in [2.75, 3.05) is 20.2 Å². The summed E-state index contributed by atoms with van der Waals surface area (Å²) in [6, 6.07) is 16.9. The number of carbonyl (C=O) groups is 2. The molecule has 0 aliphatic carbocycles. The first-order valence-electron chi connectivity index (χ1n) is 11.3. The molecule has 2 aliphatic rings. The van der Waals surface area contributed by atoms with Crippen LogP contribution in [0.5, 0.6) is 5.75 Å². The van der Waals surface area contributed by atoms with Crippen LogP contribution in [-0.4, -0.2) is 60.6 Å². The lowest BCUT2D eigenvalue weighted by atomic mass is 9.85. The Kier molecular flexibility index (Phi) is 6.97. The maximum atomic E-state index is 13.0. The van der Waals surface area contributed by atoms with Gasteiger partial charge < -0.3 is 25.4 Å². The Bertz CT molecular complexity index is 968. The number of β-lactam (4-membered cyclic amide) rings is 1. The zero-order chi connectivity index (χ0) is 23.4. The van der Waals surface area contributed by atoms with E-state index in [0.717, 1.165) is 16.9 Å². The number of benzene rings is 2. The second-order valence-electron chi connectivity index (χ2n) is 8.92. The van der Waals surface area contributed by atoms with Gasteiger partial charge in [0.1, 0.15) is 17.3 Å². The van der Waals surface area contributed by atoms with Crippen LogP contribution in [0.15, 0.2) is 54.6 Å². The van der Waals surface area contributed by atoms with E-state index in [1.807, 2.05) is 66.4 Å². The first-order valence-corrected chi connectivity index (χ1v) is 11.3. The van der Waals surface area contributed by atoms with Gasteiger partial charge in [0.05, 0.1) is 19.8 Å². The molecule has 2 heterocycles. The standard InChI is InChI=1S/C25H32N4O4/c1-17(33-15-19-6-4-3-5-7-19)22(23(26)30)28-20-12-25(27-13-20)16-29(24(25)31)14-18-8-10-21(32-2)11-9-18/h3-11,17,20,22,27-28H,12-16H2,1-2H3,(H2,26,30)/t17-,20?,22+,25?/m1/s1. The fourth-order valence-corrected chi connectivity index (χ4v) is 4.64. The Morgan fingerprint density at radius 2 is 1.94 bits per heavy atom. The number of ether oxygens (including phenoxy) is 2. The predicted molar refractivity (Wildman–Crippen MR) is 124 cm³/mol. The molecule has 8 nitrogen and oxygen atoms in total. The number of hydrogen-bond donors (Lipinski definition) is 3. The van der Waals surface area contributed by atoms with Gasteiger partial charge in [0.2, 0.25) is 11.8 Å². The topological polar surface area (TPSA) is 106 Å². The normalized spacial score (nSPS) is 23.9. The van der Waals surface area contributed by atoms with Crippen LogP contribution in [-0.2, 0) is 27.5 Å². The Hall–Kier alpha value is -2.94. The Labute approximate surface area is 194 Å². The van der Waals surface area contributed by atoms with Gasteiger partial charge in [-0.15, -0.1) is 0 Å². The van der Waals surface area contributed by atoms with Crippen LogP contribution >= 0.6 is 0 Å². The molecule has 0 radical (unpaired) electrons. The molecule has 0 aromatic heterocycles. The van der Waals surface area contributed by atoms with Crippen molar-refractivity contribution in [3.05, 3.63) is 65.7 Å². The third-order valence-electron chi connectivity index (χ3n) is 6.52. The number of hydrogen-bond acceptors (Lipinski definition) is 6. The average Bonchev–Trinajstić information content (AvgIpc) is 3.27. The van der Waals surface area contributed by atoms with Gasteiger partial charge in [0, 0.05) is 25.7 Å². The Morgan fingerprint density at radius 1 is 1.21 bits per heavy atom. The van der Waals surface area contributed by atoms with Crippen molar-refractivity contribution < 1.29 is 19.1 Å². The first kappa shape index (κ1) is 23.2. The molecule has 2 unspecified atom stereocenters. The van der Waals surface area contributed by atoms with E-state index in [1.54, 1.807) is 7.11 Å². The van der Waals surface area contributed by atoms with Crippen molar-refractivity contribution in [1.29, 1.82) is 0 Å². The number of primary amides is 1. The van der Waals surface area contributed by atoms with E-state index in [0.29, 0.717) is 32.7 Å². The fraction of sp³-hybridized carbons (Fsp3) is 0.440. The largest absolute Gasteiger partial charge is 0.497 e. The molecular formula is C25H32N4O4. The molecule has 2 fully saturated rings. The zero-order valence-corrected chi connectivity index (χ0v) is 19.1. The molecule has 4 atom stereocenters. The molecule has 176 valence electrons. The van der Waals surface area contributed by atoms with E-state index in [2.05, 4.69) is 10.6 Å². The van der Waals surface area contributed by atoms with E-state index in [1.165, 1.54) is 0 Å². The predicted octanol–water partition coefficient (Wildman–Crippen LogP) is 1.19. The van der Waals surface area contributed by atoms with Crippen molar-refractivity contribution >= 4 is 11.8 Å². The summed E-state index contributed by atoms with van der Waals surface area (Å²) < 4.78 is 11.1. The smallest absolute Gasteiger partial charge is 0.245 e. The Balaban J connectivity index is 1.29. The monoisotopic (exact) mass is 452 g/mol. The highest BCUT2D eigenvalue weighted by Gasteiger charge is 2.56. The van der Waals surface area contributed by atoms with Crippen LogP contribution in [0.3, 0.4) is 0 Å². The number of carbonyl (C=O) groups excluding carboxylic acids is 2. The minimum absolute atomic E-state index is 0.0441. The van der Waals surface area contributed by atoms with Gasteiger partial charge in [-0.25, -0.2) is 0 Å². The highest BCUT2D eigenvalue weighted by atomic mass is 16.5. The number of amides is 2. The van der Waals surface area contributed by atoms with Gasteiger partial charge in [-0.05, 0) is 36.6 Å². The van der Waals surface area contributed by atoms with Crippen molar-refractivity contribution in [3.8, 4) is 5.75 Å². The lowest BCUT2D eigenvalue weighted by molar-refractivity contribution is -0.153. The summed E-state index contributed by atoms with van der Waals surface area (Å²) in [5.74, 6) is 0.423. The average molecular weight is 453 g/mol. The molecule has 0 saturated carbocycles. The van der Waals surface area contributed by atoms with Crippen LogP contribution < -0.4 is 21.1 Å². The summed E-state index contributed by atoms with van der Waals surface area (Å²) in [6.07, 6.45) is 0.211. The number of rotatable bonds is 10. The van der Waals surface area contributed by atoms with E-state index in [9.17, 15) is 9.59 Å². The molecule has 1 spiro atoms. The van der Waals surface area contributed by atoms with Gasteiger partial charge in [-0.1, -0.05) is 42.5 Å². The third kappa shape index (κ3) is 5.19. The summed E-state index contributed by atoms with van der Waals surface area (Å²) in [4.78, 5) is 26.9. The number of nitrogens with two attached hydrogens (primary N) is 1. The van der Waals surface area contributed by atoms with Crippen molar-refractivity contribution in [2.24, 2.45) is 5.73 Å². The molecule has 4 N–H and O–H groups in total. The minimum Gasteiger partial charge on any atom is -0.497 e. The lowest BCUT2D eigenvalue weighted by Crippen LogP contribution is -2.70. The Morgan fingerprint density at radius 3 is 2.58 bits per heavy atom. The molecule has 33 heavy (non-hydrogen) atoms. The van der Waals surface area contributed by atoms with Crippen LogP contribution in [0.1, 0.15) is 24.5 Å².